The molecule has 21 heavy (non-hydrogen) atoms. The number of amides is 1. The van der Waals surface area contributed by atoms with Crippen LogP contribution in [0.5, 0.6) is 0 Å². The van der Waals surface area contributed by atoms with E-state index in [0.717, 1.165) is 38.2 Å². The van der Waals surface area contributed by atoms with Crippen molar-refractivity contribution < 1.29 is 4.79 Å². The van der Waals surface area contributed by atoms with Crippen LogP contribution in [0.1, 0.15) is 43.0 Å². The van der Waals surface area contributed by atoms with E-state index in [1.54, 1.807) is 6.07 Å². The minimum atomic E-state index is -0.482. The van der Waals surface area contributed by atoms with Gasteiger partial charge in [-0.05, 0) is 44.0 Å². The number of benzene rings is 1. The highest BCUT2D eigenvalue weighted by molar-refractivity contribution is 6.34. The zero-order valence-electron chi connectivity index (χ0n) is 12.6. The van der Waals surface area contributed by atoms with Crippen molar-refractivity contribution in [2.24, 2.45) is 5.73 Å². The Balaban J connectivity index is 2.14. The van der Waals surface area contributed by atoms with Crippen molar-refractivity contribution in [1.29, 1.82) is 0 Å². The molecular weight excluding hydrogens is 286 g/mol. The van der Waals surface area contributed by atoms with Gasteiger partial charge in [0.05, 0.1) is 10.6 Å². The van der Waals surface area contributed by atoms with Gasteiger partial charge in [0.2, 0.25) is 5.91 Å². The highest BCUT2D eigenvalue weighted by atomic mass is 35.5. The molecule has 116 valence electrons. The van der Waals surface area contributed by atoms with Crippen LogP contribution in [0.4, 0.5) is 5.69 Å². The molecule has 1 heterocycles. The fourth-order valence-corrected chi connectivity index (χ4v) is 3.02. The van der Waals surface area contributed by atoms with E-state index in [2.05, 4.69) is 17.1 Å². The summed E-state index contributed by atoms with van der Waals surface area (Å²) in [6, 6.07) is 6.06. The Kier molecular flexibility index (Phi) is 5.88. The van der Waals surface area contributed by atoms with Crippen LogP contribution in [-0.4, -0.2) is 31.6 Å². The van der Waals surface area contributed by atoms with Crippen LogP contribution in [0.3, 0.4) is 0 Å². The molecule has 1 aliphatic rings. The first-order valence-electron chi connectivity index (χ1n) is 7.69. The first kappa shape index (κ1) is 16.1. The Morgan fingerprint density at radius 1 is 1.52 bits per heavy atom. The van der Waals surface area contributed by atoms with Gasteiger partial charge in [-0.2, -0.15) is 0 Å². The van der Waals surface area contributed by atoms with E-state index in [-0.39, 0.29) is 0 Å². The number of rotatable bonds is 7. The second-order valence-corrected chi connectivity index (χ2v) is 6.03. The maximum Gasteiger partial charge on any atom is 0.250 e. The molecule has 0 spiro atoms. The fraction of sp³-hybridized carbons (Fsp3) is 0.562. The standard InChI is InChI=1S/C16H24ClN3O/c1-2-3-9-20(11-12-5-4-8-19-12)13-6-7-14(16(18)21)15(17)10-13/h6-7,10,12,19H,2-5,8-9,11H2,1H3,(H2,18,21). The number of halogens is 1. The zero-order chi connectivity index (χ0) is 15.2. The summed E-state index contributed by atoms with van der Waals surface area (Å²) >= 11 is 6.18. The molecule has 1 atom stereocenters. The average Bonchev–Trinajstić information content (AvgIpc) is 2.95. The second-order valence-electron chi connectivity index (χ2n) is 5.62. The van der Waals surface area contributed by atoms with E-state index in [4.69, 9.17) is 17.3 Å². The molecule has 2 rings (SSSR count). The first-order chi connectivity index (χ1) is 10.1. The number of unbranched alkanes of at least 4 members (excludes halogenated alkanes) is 1. The summed E-state index contributed by atoms with van der Waals surface area (Å²) in [5.41, 5.74) is 6.75. The summed E-state index contributed by atoms with van der Waals surface area (Å²) in [5.74, 6) is -0.482. The summed E-state index contributed by atoms with van der Waals surface area (Å²) in [4.78, 5) is 13.6. The van der Waals surface area contributed by atoms with Crippen molar-refractivity contribution in [2.75, 3.05) is 24.5 Å². The summed E-state index contributed by atoms with van der Waals surface area (Å²) in [6.07, 6.45) is 4.76. The summed E-state index contributed by atoms with van der Waals surface area (Å²) in [6.45, 7) is 5.27. The molecular formula is C16H24ClN3O. The molecule has 1 aromatic carbocycles. The first-order valence-corrected chi connectivity index (χ1v) is 8.07. The number of nitrogens with zero attached hydrogens (tertiary/aromatic N) is 1. The van der Waals surface area contributed by atoms with E-state index in [1.165, 1.54) is 12.8 Å². The van der Waals surface area contributed by atoms with Gasteiger partial charge < -0.3 is 16.0 Å². The minimum Gasteiger partial charge on any atom is -0.370 e. The van der Waals surface area contributed by atoms with E-state index in [9.17, 15) is 4.79 Å². The van der Waals surface area contributed by atoms with Crippen LogP contribution >= 0.6 is 11.6 Å². The molecule has 1 aromatic rings. The third-order valence-electron chi connectivity index (χ3n) is 3.97. The minimum absolute atomic E-state index is 0.384. The summed E-state index contributed by atoms with van der Waals surface area (Å²) in [7, 11) is 0. The van der Waals surface area contributed by atoms with Gasteiger partial charge in [0.1, 0.15) is 0 Å². The Hall–Kier alpha value is -1.26. The third-order valence-corrected chi connectivity index (χ3v) is 4.28. The van der Waals surface area contributed by atoms with E-state index >= 15 is 0 Å². The topological polar surface area (TPSA) is 58.4 Å². The van der Waals surface area contributed by atoms with Gasteiger partial charge in [-0.1, -0.05) is 24.9 Å². The van der Waals surface area contributed by atoms with Crippen molar-refractivity contribution in [3.05, 3.63) is 28.8 Å². The SMILES string of the molecule is CCCCN(CC1CCCN1)c1ccc(C(N)=O)c(Cl)c1. The van der Waals surface area contributed by atoms with E-state index < -0.39 is 5.91 Å². The normalized spacial score (nSPS) is 17.9. The van der Waals surface area contributed by atoms with Gasteiger partial charge in [-0.15, -0.1) is 0 Å². The van der Waals surface area contributed by atoms with Gasteiger partial charge >= 0.3 is 0 Å². The lowest BCUT2D eigenvalue weighted by Gasteiger charge is -2.28. The van der Waals surface area contributed by atoms with Gasteiger partial charge in [0.25, 0.3) is 0 Å². The quantitative estimate of drug-likeness (QED) is 0.814. The Labute approximate surface area is 131 Å². The number of nitrogens with one attached hydrogen (secondary N) is 1. The van der Waals surface area contributed by atoms with Crippen LogP contribution in [0.25, 0.3) is 0 Å². The molecule has 0 radical (unpaired) electrons. The highest BCUT2D eigenvalue weighted by Gasteiger charge is 2.19. The Morgan fingerprint density at radius 3 is 2.90 bits per heavy atom. The lowest BCUT2D eigenvalue weighted by molar-refractivity contribution is 0.100. The number of hydrogen-bond donors (Lipinski definition) is 2. The van der Waals surface area contributed by atoms with E-state index in [1.807, 2.05) is 12.1 Å². The Morgan fingerprint density at radius 2 is 2.33 bits per heavy atom. The molecule has 1 unspecified atom stereocenters. The van der Waals surface area contributed by atoms with Crippen LogP contribution < -0.4 is 16.0 Å². The predicted octanol–water partition coefficient (Wildman–Crippen LogP) is 2.80. The number of carbonyl (C=O) groups excluding carboxylic acids is 1. The van der Waals surface area contributed by atoms with Crippen molar-refractivity contribution in [3.63, 3.8) is 0 Å². The van der Waals surface area contributed by atoms with Crippen LogP contribution in [-0.2, 0) is 0 Å². The zero-order valence-corrected chi connectivity index (χ0v) is 13.3. The monoisotopic (exact) mass is 309 g/mol. The Bertz CT molecular complexity index is 486. The second kappa shape index (κ2) is 7.66. The molecule has 0 aromatic heterocycles. The van der Waals surface area contributed by atoms with Crippen molar-refractivity contribution in [1.82, 2.24) is 5.32 Å². The molecule has 0 saturated carbocycles. The predicted molar refractivity (Wildman–Crippen MR) is 88.1 cm³/mol. The molecule has 3 N–H and O–H groups in total. The van der Waals surface area contributed by atoms with Crippen molar-refractivity contribution >= 4 is 23.2 Å². The maximum atomic E-state index is 11.3. The number of hydrogen-bond acceptors (Lipinski definition) is 3. The highest BCUT2D eigenvalue weighted by Crippen LogP contribution is 2.25. The number of carbonyl (C=O) groups is 1. The van der Waals surface area contributed by atoms with Gasteiger partial charge in [0, 0.05) is 24.8 Å². The molecule has 1 saturated heterocycles. The molecule has 1 aliphatic heterocycles. The van der Waals surface area contributed by atoms with Crippen LogP contribution in [0.15, 0.2) is 18.2 Å². The summed E-state index contributed by atoms with van der Waals surface area (Å²) in [5, 5.41) is 3.96. The smallest absolute Gasteiger partial charge is 0.250 e. The lowest BCUT2D eigenvalue weighted by atomic mass is 10.1. The fourth-order valence-electron chi connectivity index (χ4n) is 2.75. The van der Waals surface area contributed by atoms with Crippen LogP contribution in [0.2, 0.25) is 5.02 Å². The van der Waals surface area contributed by atoms with Gasteiger partial charge in [-0.25, -0.2) is 0 Å². The van der Waals surface area contributed by atoms with Crippen LogP contribution in [0, 0.1) is 0 Å². The van der Waals surface area contributed by atoms with Crippen molar-refractivity contribution in [3.8, 4) is 0 Å². The largest absolute Gasteiger partial charge is 0.370 e. The average molecular weight is 310 g/mol. The summed E-state index contributed by atoms with van der Waals surface area (Å²) < 4.78 is 0. The molecule has 1 amide bonds. The number of primary amides is 1. The van der Waals surface area contributed by atoms with E-state index in [0.29, 0.717) is 16.6 Å². The van der Waals surface area contributed by atoms with Crippen molar-refractivity contribution in [2.45, 2.75) is 38.6 Å². The van der Waals surface area contributed by atoms with Gasteiger partial charge in [0.15, 0.2) is 0 Å². The molecule has 0 aliphatic carbocycles. The molecule has 4 nitrogen and oxygen atoms in total. The number of anilines is 1. The molecule has 1 fully saturated rings. The lowest BCUT2D eigenvalue weighted by Crippen LogP contribution is -2.38. The molecule has 0 bridgehead atoms. The number of nitrogens with two attached hydrogens (primary N) is 1. The van der Waals surface area contributed by atoms with Gasteiger partial charge in [-0.3, -0.25) is 4.79 Å². The third kappa shape index (κ3) is 4.35. The molecule has 5 heteroatoms. The maximum absolute atomic E-state index is 11.3.